The molecular formula is C19H14F3NO2. The van der Waals surface area contributed by atoms with Crippen LogP contribution in [-0.4, -0.2) is 4.57 Å². The summed E-state index contributed by atoms with van der Waals surface area (Å²) < 4.78 is 47.4. The number of aryl methyl sites for hydroxylation is 2. The van der Waals surface area contributed by atoms with Crippen molar-refractivity contribution in [1.82, 2.24) is 4.57 Å². The van der Waals surface area contributed by atoms with Crippen LogP contribution in [0.5, 0.6) is 11.5 Å². The molecule has 0 aliphatic carbocycles. The van der Waals surface area contributed by atoms with Gasteiger partial charge in [-0.1, -0.05) is 11.6 Å². The number of rotatable bonds is 3. The molecule has 0 unspecified atom stereocenters. The van der Waals surface area contributed by atoms with Crippen LogP contribution in [0.15, 0.2) is 53.5 Å². The Morgan fingerprint density at radius 1 is 0.920 bits per heavy atom. The van der Waals surface area contributed by atoms with Crippen molar-refractivity contribution in [1.29, 1.82) is 0 Å². The average molecular weight is 345 g/mol. The second-order valence-electron chi connectivity index (χ2n) is 5.67. The lowest BCUT2D eigenvalue weighted by atomic mass is 10.0. The first-order chi connectivity index (χ1) is 11.8. The number of nitrogens with zero attached hydrogens (tertiary/aromatic N) is 1. The minimum Gasteiger partial charge on any atom is -0.454 e. The van der Waals surface area contributed by atoms with Gasteiger partial charge in [-0.2, -0.15) is 0 Å². The van der Waals surface area contributed by atoms with Gasteiger partial charge in [0.2, 0.25) is 0 Å². The second kappa shape index (κ2) is 6.47. The summed E-state index contributed by atoms with van der Waals surface area (Å²) >= 11 is 0. The summed E-state index contributed by atoms with van der Waals surface area (Å²) in [5.74, 6) is -2.36. The largest absolute Gasteiger partial charge is 0.454 e. The zero-order valence-electron chi connectivity index (χ0n) is 13.5. The van der Waals surface area contributed by atoms with Crippen molar-refractivity contribution < 1.29 is 17.9 Å². The highest BCUT2D eigenvalue weighted by Gasteiger charge is 2.14. The van der Waals surface area contributed by atoms with Crippen LogP contribution in [0.3, 0.4) is 0 Å². The standard InChI is InChI=1S/C19H14F3NO2/c1-11-3-5-17(25-18-6-4-13(20)9-15(18)21)14(7-11)12-8-16(22)19(24)23(2)10-12/h3-10H,1-2H3. The predicted octanol–water partition coefficient (Wildman–Crippen LogP) is 4.57. The number of halogens is 3. The molecule has 0 amide bonds. The Morgan fingerprint density at radius 2 is 1.64 bits per heavy atom. The van der Waals surface area contributed by atoms with Crippen LogP contribution in [0.1, 0.15) is 5.56 Å². The summed E-state index contributed by atoms with van der Waals surface area (Å²) in [6, 6.07) is 9.17. The molecule has 0 spiro atoms. The zero-order chi connectivity index (χ0) is 18.1. The van der Waals surface area contributed by atoms with Gasteiger partial charge in [0.1, 0.15) is 11.6 Å². The average Bonchev–Trinajstić information content (AvgIpc) is 2.56. The number of pyridine rings is 1. The SMILES string of the molecule is Cc1ccc(Oc2ccc(F)cc2F)c(-c2cc(F)c(=O)n(C)c2)c1. The molecule has 0 radical (unpaired) electrons. The van der Waals surface area contributed by atoms with E-state index in [0.717, 1.165) is 28.3 Å². The summed E-state index contributed by atoms with van der Waals surface area (Å²) in [4.78, 5) is 11.5. The maximum atomic E-state index is 13.9. The molecule has 0 saturated heterocycles. The molecule has 0 saturated carbocycles. The third-order valence-corrected chi connectivity index (χ3v) is 3.70. The van der Waals surface area contributed by atoms with Gasteiger partial charge in [-0.15, -0.1) is 0 Å². The third-order valence-electron chi connectivity index (χ3n) is 3.70. The highest BCUT2D eigenvalue weighted by molar-refractivity contribution is 5.71. The van der Waals surface area contributed by atoms with Gasteiger partial charge in [-0.25, -0.2) is 13.2 Å². The van der Waals surface area contributed by atoms with Crippen molar-refractivity contribution in [2.75, 3.05) is 0 Å². The summed E-state index contributed by atoms with van der Waals surface area (Å²) in [6.07, 6.45) is 1.47. The van der Waals surface area contributed by atoms with Gasteiger partial charge in [0.25, 0.3) is 5.56 Å². The molecule has 0 fully saturated rings. The van der Waals surface area contributed by atoms with Gasteiger partial charge in [0, 0.05) is 30.4 Å². The molecule has 0 aliphatic heterocycles. The van der Waals surface area contributed by atoms with E-state index in [1.807, 2.05) is 6.92 Å². The lowest BCUT2D eigenvalue weighted by Crippen LogP contribution is -2.19. The molecule has 2 aromatic carbocycles. The van der Waals surface area contributed by atoms with Crippen LogP contribution in [0.4, 0.5) is 13.2 Å². The smallest absolute Gasteiger partial charge is 0.286 e. The number of hydrogen-bond donors (Lipinski definition) is 0. The van der Waals surface area contributed by atoms with Crippen molar-refractivity contribution in [3.8, 4) is 22.6 Å². The number of hydrogen-bond acceptors (Lipinski definition) is 2. The van der Waals surface area contributed by atoms with E-state index in [9.17, 15) is 18.0 Å². The first-order valence-corrected chi connectivity index (χ1v) is 7.45. The predicted molar refractivity (Wildman–Crippen MR) is 88.2 cm³/mol. The van der Waals surface area contributed by atoms with Crippen LogP contribution >= 0.6 is 0 Å². The normalized spacial score (nSPS) is 10.8. The molecule has 0 bridgehead atoms. The first-order valence-electron chi connectivity index (χ1n) is 7.45. The van der Waals surface area contributed by atoms with E-state index in [2.05, 4.69) is 0 Å². The van der Waals surface area contributed by atoms with Crippen LogP contribution in [0, 0.1) is 24.4 Å². The van der Waals surface area contributed by atoms with Crippen LogP contribution in [0.2, 0.25) is 0 Å². The van der Waals surface area contributed by atoms with Crippen LogP contribution in [-0.2, 0) is 7.05 Å². The molecule has 6 heteroatoms. The van der Waals surface area contributed by atoms with Gasteiger partial charge in [-0.3, -0.25) is 4.79 Å². The molecular weight excluding hydrogens is 331 g/mol. The van der Waals surface area contributed by atoms with E-state index in [-0.39, 0.29) is 11.5 Å². The van der Waals surface area contributed by atoms with Crippen molar-refractivity contribution in [2.45, 2.75) is 6.92 Å². The Balaban J connectivity index is 2.12. The van der Waals surface area contributed by atoms with Gasteiger partial charge in [0.05, 0.1) is 0 Å². The van der Waals surface area contributed by atoms with E-state index >= 15 is 0 Å². The maximum Gasteiger partial charge on any atom is 0.286 e. The number of ether oxygens (including phenoxy) is 1. The highest BCUT2D eigenvalue weighted by atomic mass is 19.1. The lowest BCUT2D eigenvalue weighted by Gasteiger charge is -2.14. The maximum absolute atomic E-state index is 13.9. The summed E-state index contributed by atoms with van der Waals surface area (Å²) in [5.41, 5.74) is 1.01. The monoisotopic (exact) mass is 345 g/mol. The summed E-state index contributed by atoms with van der Waals surface area (Å²) in [6.45, 7) is 1.84. The van der Waals surface area contributed by atoms with Gasteiger partial charge in [-0.05, 0) is 37.3 Å². The Bertz CT molecular complexity index is 986. The fourth-order valence-electron chi connectivity index (χ4n) is 2.45. The van der Waals surface area contributed by atoms with Gasteiger partial charge in [0.15, 0.2) is 17.4 Å². The number of aromatic nitrogens is 1. The molecule has 3 aromatic rings. The minimum atomic E-state index is -0.902. The van der Waals surface area contributed by atoms with Crippen LogP contribution < -0.4 is 10.3 Å². The van der Waals surface area contributed by atoms with Crippen molar-refractivity contribution in [3.05, 3.63) is 82.0 Å². The molecule has 0 aliphatic rings. The van der Waals surface area contributed by atoms with E-state index in [1.54, 1.807) is 18.2 Å². The molecule has 128 valence electrons. The Hall–Kier alpha value is -3.02. The van der Waals surface area contributed by atoms with E-state index in [4.69, 9.17) is 4.74 Å². The Labute approximate surface area is 141 Å². The quantitative estimate of drug-likeness (QED) is 0.696. The Morgan fingerprint density at radius 3 is 2.32 bits per heavy atom. The highest BCUT2D eigenvalue weighted by Crippen LogP contribution is 2.35. The molecule has 1 heterocycles. The van der Waals surface area contributed by atoms with Crippen molar-refractivity contribution in [2.24, 2.45) is 7.05 Å². The van der Waals surface area contributed by atoms with Crippen LogP contribution in [0.25, 0.3) is 11.1 Å². The number of benzene rings is 2. The molecule has 1 aromatic heterocycles. The lowest BCUT2D eigenvalue weighted by molar-refractivity contribution is 0.439. The topological polar surface area (TPSA) is 31.2 Å². The summed E-state index contributed by atoms with van der Waals surface area (Å²) in [7, 11) is 1.44. The molecule has 3 rings (SSSR count). The summed E-state index contributed by atoms with van der Waals surface area (Å²) in [5, 5.41) is 0. The fraction of sp³-hybridized carbons (Fsp3) is 0.105. The van der Waals surface area contributed by atoms with Crippen molar-refractivity contribution >= 4 is 0 Å². The van der Waals surface area contributed by atoms with E-state index in [0.29, 0.717) is 11.1 Å². The molecule has 3 nitrogen and oxygen atoms in total. The molecule has 0 atom stereocenters. The molecule has 25 heavy (non-hydrogen) atoms. The van der Waals surface area contributed by atoms with E-state index < -0.39 is 23.0 Å². The zero-order valence-corrected chi connectivity index (χ0v) is 13.5. The first kappa shape index (κ1) is 16.8. The fourth-order valence-corrected chi connectivity index (χ4v) is 2.45. The van der Waals surface area contributed by atoms with Gasteiger partial charge < -0.3 is 9.30 Å². The van der Waals surface area contributed by atoms with E-state index in [1.165, 1.54) is 19.3 Å². The molecule has 0 N–H and O–H groups in total. The third kappa shape index (κ3) is 3.42. The van der Waals surface area contributed by atoms with Gasteiger partial charge >= 0.3 is 0 Å². The van der Waals surface area contributed by atoms with Crippen molar-refractivity contribution in [3.63, 3.8) is 0 Å². The minimum absolute atomic E-state index is 0.156. The Kier molecular flexibility index (Phi) is 4.35. The second-order valence-corrected chi connectivity index (χ2v) is 5.67.